The van der Waals surface area contributed by atoms with E-state index in [1.54, 1.807) is 24.5 Å². The van der Waals surface area contributed by atoms with Crippen LogP contribution in [0.5, 0.6) is 0 Å². The fourth-order valence-electron chi connectivity index (χ4n) is 3.82. The van der Waals surface area contributed by atoms with Crippen LogP contribution >= 0.6 is 0 Å². The van der Waals surface area contributed by atoms with Crippen LogP contribution in [0.25, 0.3) is 0 Å². The number of anilines is 1. The van der Waals surface area contributed by atoms with E-state index in [0.29, 0.717) is 12.3 Å². The maximum absolute atomic E-state index is 13.1. The van der Waals surface area contributed by atoms with Gasteiger partial charge in [-0.2, -0.15) is 0 Å². The first-order valence-corrected chi connectivity index (χ1v) is 9.91. The van der Waals surface area contributed by atoms with Crippen molar-refractivity contribution in [3.8, 4) is 0 Å². The zero-order valence-corrected chi connectivity index (χ0v) is 16.8. The second-order valence-corrected chi connectivity index (χ2v) is 7.44. The van der Waals surface area contributed by atoms with Gasteiger partial charge >= 0.3 is 0 Å². The van der Waals surface area contributed by atoms with Crippen molar-refractivity contribution in [1.29, 1.82) is 0 Å². The maximum atomic E-state index is 13.1. The van der Waals surface area contributed by atoms with Crippen LogP contribution in [0.2, 0.25) is 0 Å². The molecule has 0 aromatic carbocycles. The van der Waals surface area contributed by atoms with E-state index >= 15 is 0 Å². The lowest BCUT2D eigenvalue weighted by molar-refractivity contribution is 0.0597. The Kier molecular flexibility index (Phi) is 5.55. The van der Waals surface area contributed by atoms with Crippen molar-refractivity contribution in [2.75, 3.05) is 18.0 Å². The van der Waals surface area contributed by atoms with Gasteiger partial charge in [-0.05, 0) is 56.5 Å². The summed E-state index contributed by atoms with van der Waals surface area (Å²) in [6.07, 6.45) is 6.78. The quantitative estimate of drug-likeness (QED) is 0.664. The SMILES string of the molecule is Cc1cc(C)nc(N2CCC(N(Cc3cccnc3)C(=O)c3ccco3)CC2)n1. The van der Waals surface area contributed by atoms with Gasteiger partial charge in [0, 0.05) is 49.5 Å². The number of nitrogens with zero attached hydrogens (tertiary/aromatic N) is 5. The molecule has 0 bridgehead atoms. The number of carbonyl (C=O) groups excluding carboxylic acids is 1. The summed E-state index contributed by atoms with van der Waals surface area (Å²) in [6.45, 7) is 6.11. The number of carbonyl (C=O) groups is 1. The van der Waals surface area contributed by atoms with E-state index in [0.717, 1.165) is 48.8 Å². The van der Waals surface area contributed by atoms with Crippen molar-refractivity contribution in [2.24, 2.45) is 0 Å². The van der Waals surface area contributed by atoms with Crippen molar-refractivity contribution in [1.82, 2.24) is 19.9 Å². The molecule has 3 aromatic rings. The van der Waals surface area contributed by atoms with Gasteiger partial charge in [0.05, 0.1) is 6.26 Å². The highest BCUT2D eigenvalue weighted by atomic mass is 16.3. The normalized spacial score (nSPS) is 14.8. The molecule has 1 saturated heterocycles. The second-order valence-electron chi connectivity index (χ2n) is 7.44. The van der Waals surface area contributed by atoms with E-state index in [1.165, 1.54) is 6.26 Å². The predicted molar refractivity (Wildman–Crippen MR) is 110 cm³/mol. The molecule has 1 fully saturated rings. The van der Waals surface area contributed by atoms with Crippen LogP contribution in [0.1, 0.15) is 40.3 Å². The molecule has 7 heteroatoms. The highest BCUT2D eigenvalue weighted by Gasteiger charge is 2.30. The van der Waals surface area contributed by atoms with Gasteiger partial charge in [-0.1, -0.05) is 6.07 Å². The van der Waals surface area contributed by atoms with Crippen LogP contribution in [0, 0.1) is 13.8 Å². The molecule has 0 unspecified atom stereocenters. The van der Waals surface area contributed by atoms with E-state index < -0.39 is 0 Å². The van der Waals surface area contributed by atoms with E-state index in [-0.39, 0.29) is 11.9 Å². The van der Waals surface area contributed by atoms with Gasteiger partial charge in [-0.3, -0.25) is 9.78 Å². The Morgan fingerprint density at radius 3 is 2.55 bits per heavy atom. The molecule has 1 aliphatic heterocycles. The zero-order chi connectivity index (χ0) is 20.2. The van der Waals surface area contributed by atoms with Crippen molar-refractivity contribution < 1.29 is 9.21 Å². The van der Waals surface area contributed by atoms with Gasteiger partial charge in [0.1, 0.15) is 0 Å². The molecule has 0 spiro atoms. The molecule has 4 rings (SSSR count). The van der Waals surface area contributed by atoms with Gasteiger partial charge in [0.15, 0.2) is 5.76 Å². The van der Waals surface area contributed by atoms with Crippen LogP contribution in [-0.4, -0.2) is 44.9 Å². The highest BCUT2D eigenvalue weighted by molar-refractivity contribution is 5.91. The third-order valence-electron chi connectivity index (χ3n) is 5.23. The lowest BCUT2D eigenvalue weighted by Crippen LogP contribution is -2.47. The molecule has 7 nitrogen and oxygen atoms in total. The van der Waals surface area contributed by atoms with E-state index in [4.69, 9.17) is 4.42 Å². The summed E-state index contributed by atoms with van der Waals surface area (Å²) in [7, 11) is 0. The van der Waals surface area contributed by atoms with E-state index in [2.05, 4.69) is 19.9 Å². The van der Waals surface area contributed by atoms with Gasteiger partial charge in [-0.15, -0.1) is 0 Å². The molecule has 0 atom stereocenters. The minimum absolute atomic E-state index is 0.0834. The molecular formula is C22H25N5O2. The molecule has 150 valence electrons. The first-order valence-electron chi connectivity index (χ1n) is 9.91. The number of furan rings is 1. The second kappa shape index (κ2) is 8.43. The van der Waals surface area contributed by atoms with Crippen LogP contribution in [0.15, 0.2) is 53.4 Å². The Morgan fingerprint density at radius 1 is 1.17 bits per heavy atom. The van der Waals surface area contributed by atoms with Crippen LogP contribution < -0.4 is 4.90 Å². The molecule has 4 heterocycles. The molecule has 29 heavy (non-hydrogen) atoms. The van der Waals surface area contributed by atoms with Gasteiger partial charge < -0.3 is 14.2 Å². The Labute approximate surface area is 170 Å². The average Bonchev–Trinajstić information content (AvgIpc) is 3.27. The largest absolute Gasteiger partial charge is 0.459 e. The standard InChI is InChI=1S/C22H25N5O2/c1-16-13-17(2)25-22(24-16)26-10-7-19(8-11-26)27(15-18-5-3-9-23-14-18)21(28)20-6-4-12-29-20/h3-6,9,12-14,19H,7-8,10-11,15H2,1-2H3. The third kappa shape index (κ3) is 4.45. The summed E-state index contributed by atoms with van der Waals surface area (Å²) in [5.41, 5.74) is 2.95. The predicted octanol–water partition coefficient (Wildman–Crippen LogP) is 3.39. The molecule has 3 aromatic heterocycles. The summed E-state index contributed by atoms with van der Waals surface area (Å²) >= 11 is 0. The molecule has 0 radical (unpaired) electrons. The smallest absolute Gasteiger partial charge is 0.290 e. The molecule has 0 saturated carbocycles. The van der Waals surface area contributed by atoms with E-state index in [9.17, 15) is 4.79 Å². The fourth-order valence-corrected chi connectivity index (χ4v) is 3.82. The van der Waals surface area contributed by atoms with Crippen molar-refractivity contribution >= 4 is 11.9 Å². The molecular weight excluding hydrogens is 366 g/mol. The maximum Gasteiger partial charge on any atom is 0.290 e. The number of hydrogen-bond donors (Lipinski definition) is 0. The summed E-state index contributed by atoms with van der Waals surface area (Å²) < 4.78 is 5.38. The minimum Gasteiger partial charge on any atom is -0.459 e. The van der Waals surface area contributed by atoms with Gasteiger partial charge in [-0.25, -0.2) is 9.97 Å². The first-order chi connectivity index (χ1) is 14.1. The van der Waals surface area contributed by atoms with Crippen molar-refractivity contribution in [3.05, 3.63) is 71.7 Å². The number of pyridine rings is 1. The number of hydrogen-bond acceptors (Lipinski definition) is 6. The van der Waals surface area contributed by atoms with Crippen LogP contribution in [0.4, 0.5) is 5.95 Å². The summed E-state index contributed by atoms with van der Waals surface area (Å²) in [4.78, 5) is 30.6. The summed E-state index contributed by atoms with van der Waals surface area (Å²) in [5, 5.41) is 0. The number of aromatic nitrogens is 3. The Hall–Kier alpha value is -3.22. The monoisotopic (exact) mass is 391 g/mol. The lowest BCUT2D eigenvalue weighted by atomic mass is 10.0. The number of rotatable bonds is 5. The summed E-state index contributed by atoms with van der Waals surface area (Å²) in [6, 6.07) is 9.45. The fraction of sp³-hybridized carbons (Fsp3) is 0.364. The van der Waals surface area contributed by atoms with Gasteiger partial charge in [0.25, 0.3) is 5.91 Å². The topological polar surface area (TPSA) is 75.4 Å². The zero-order valence-electron chi connectivity index (χ0n) is 16.8. The van der Waals surface area contributed by atoms with Crippen LogP contribution in [-0.2, 0) is 6.54 Å². The highest BCUT2D eigenvalue weighted by Crippen LogP contribution is 2.24. The lowest BCUT2D eigenvalue weighted by Gasteiger charge is -2.38. The minimum atomic E-state index is -0.0834. The van der Waals surface area contributed by atoms with Crippen molar-refractivity contribution in [3.63, 3.8) is 0 Å². The molecule has 1 aliphatic rings. The summed E-state index contributed by atoms with van der Waals surface area (Å²) in [5.74, 6) is 1.06. The Bertz CT molecular complexity index is 930. The first kappa shape index (κ1) is 19.1. The van der Waals surface area contributed by atoms with Crippen molar-refractivity contribution in [2.45, 2.75) is 39.3 Å². The molecule has 0 aliphatic carbocycles. The Morgan fingerprint density at radius 2 is 1.93 bits per heavy atom. The molecule has 0 N–H and O–H groups in total. The van der Waals surface area contributed by atoms with Gasteiger partial charge in [0.2, 0.25) is 5.95 Å². The Balaban J connectivity index is 1.50. The van der Waals surface area contributed by atoms with E-state index in [1.807, 2.05) is 36.9 Å². The number of aryl methyl sites for hydroxylation is 2. The third-order valence-corrected chi connectivity index (χ3v) is 5.23. The number of amides is 1. The molecule has 1 amide bonds. The van der Waals surface area contributed by atoms with Crippen LogP contribution in [0.3, 0.4) is 0 Å². The number of piperidine rings is 1. The average molecular weight is 391 g/mol.